The molecule has 1 aliphatic carbocycles. The molecule has 1 saturated carbocycles. The third kappa shape index (κ3) is 2.56. The number of hydrogen-bond acceptors (Lipinski definition) is 4. The molecule has 7 nitrogen and oxygen atoms in total. The van der Waals surface area contributed by atoms with Gasteiger partial charge in [0, 0.05) is 12.6 Å². The van der Waals surface area contributed by atoms with E-state index in [-0.39, 0.29) is 29.6 Å². The molecule has 7 heteroatoms. The van der Waals surface area contributed by atoms with Crippen LogP contribution in [0, 0.1) is 17.3 Å². The van der Waals surface area contributed by atoms with Crippen LogP contribution in [0.3, 0.4) is 0 Å². The molecule has 2 aliphatic rings. The number of likely N-dealkylation sites (tertiary alicyclic amines) is 1. The first-order chi connectivity index (χ1) is 9.81. The van der Waals surface area contributed by atoms with E-state index in [0.29, 0.717) is 31.7 Å². The predicted octanol–water partition coefficient (Wildman–Crippen LogP) is 0.262. The van der Waals surface area contributed by atoms with E-state index in [2.05, 4.69) is 5.16 Å². The van der Waals surface area contributed by atoms with Crippen LogP contribution >= 0.6 is 0 Å². The zero-order valence-electron chi connectivity index (χ0n) is 12.6. The summed E-state index contributed by atoms with van der Waals surface area (Å²) in [5.41, 5.74) is 10.2. The van der Waals surface area contributed by atoms with E-state index in [4.69, 9.17) is 16.7 Å². The number of carbonyl (C=O) groups is 2. The Morgan fingerprint density at radius 3 is 2.33 bits per heavy atom. The highest BCUT2D eigenvalue weighted by Crippen LogP contribution is 2.47. The number of amidine groups is 1. The Morgan fingerprint density at radius 2 is 1.86 bits per heavy atom. The first kappa shape index (κ1) is 15.6. The summed E-state index contributed by atoms with van der Waals surface area (Å²) in [6, 6.07) is 0.0346. The van der Waals surface area contributed by atoms with Crippen molar-refractivity contribution in [1.29, 1.82) is 0 Å². The summed E-state index contributed by atoms with van der Waals surface area (Å²) in [5, 5.41) is 12.1. The zero-order valence-corrected chi connectivity index (χ0v) is 12.6. The van der Waals surface area contributed by atoms with E-state index in [1.54, 1.807) is 4.90 Å². The number of piperidine rings is 1. The van der Waals surface area contributed by atoms with Gasteiger partial charge in [0.05, 0.1) is 5.92 Å². The molecule has 1 saturated heterocycles. The lowest BCUT2D eigenvalue weighted by Crippen LogP contribution is -2.61. The van der Waals surface area contributed by atoms with Crippen LogP contribution in [0.5, 0.6) is 0 Å². The van der Waals surface area contributed by atoms with Gasteiger partial charge in [0.15, 0.2) is 5.84 Å². The van der Waals surface area contributed by atoms with Crippen molar-refractivity contribution in [1.82, 2.24) is 4.90 Å². The van der Waals surface area contributed by atoms with Crippen LogP contribution in [0.1, 0.15) is 39.5 Å². The van der Waals surface area contributed by atoms with Crippen molar-refractivity contribution < 1.29 is 14.8 Å². The molecular formula is C14H24N4O3. The molecule has 0 aromatic rings. The number of nitrogens with zero attached hydrogens (tertiary/aromatic N) is 2. The van der Waals surface area contributed by atoms with Gasteiger partial charge in [0.1, 0.15) is 5.41 Å². The third-order valence-corrected chi connectivity index (χ3v) is 4.95. The molecular weight excluding hydrogens is 272 g/mol. The van der Waals surface area contributed by atoms with Gasteiger partial charge < -0.3 is 21.6 Å². The fourth-order valence-corrected chi connectivity index (χ4v) is 3.62. The van der Waals surface area contributed by atoms with Gasteiger partial charge in [-0.2, -0.15) is 0 Å². The van der Waals surface area contributed by atoms with Gasteiger partial charge >= 0.3 is 0 Å². The molecule has 118 valence electrons. The maximum Gasteiger partial charge on any atom is 0.236 e. The maximum absolute atomic E-state index is 12.9. The fourth-order valence-electron chi connectivity index (χ4n) is 3.62. The number of primary amides is 1. The van der Waals surface area contributed by atoms with E-state index in [0.717, 1.165) is 6.42 Å². The van der Waals surface area contributed by atoms with Crippen molar-refractivity contribution in [3.63, 3.8) is 0 Å². The summed E-state index contributed by atoms with van der Waals surface area (Å²) in [6.07, 6.45) is 2.59. The van der Waals surface area contributed by atoms with Gasteiger partial charge in [-0.3, -0.25) is 9.59 Å². The SMILES string of the molecule is CC1CC(C(=O)N2CC(C(N)=O)CCC2C)(C(N)=NO)C1. The second-order valence-corrected chi connectivity index (χ2v) is 6.56. The Hall–Kier alpha value is -1.79. The van der Waals surface area contributed by atoms with Crippen molar-refractivity contribution in [2.24, 2.45) is 33.9 Å². The molecule has 2 amide bonds. The predicted molar refractivity (Wildman–Crippen MR) is 77.3 cm³/mol. The van der Waals surface area contributed by atoms with Gasteiger partial charge in [-0.1, -0.05) is 12.1 Å². The smallest absolute Gasteiger partial charge is 0.236 e. The van der Waals surface area contributed by atoms with Crippen LogP contribution in [0.4, 0.5) is 0 Å². The summed E-state index contributed by atoms with van der Waals surface area (Å²) in [6.45, 7) is 4.31. The van der Waals surface area contributed by atoms with E-state index < -0.39 is 5.41 Å². The highest BCUT2D eigenvalue weighted by atomic mass is 16.4. The Balaban J connectivity index is 2.22. The molecule has 21 heavy (non-hydrogen) atoms. The Morgan fingerprint density at radius 1 is 1.24 bits per heavy atom. The summed E-state index contributed by atoms with van der Waals surface area (Å²) < 4.78 is 0. The van der Waals surface area contributed by atoms with Crippen LogP contribution in [0.25, 0.3) is 0 Å². The summed E-state index contributed by atoms with van der Waals surface area (Å²) in [5.74, 6) is -0.499. The topological polar surface area (TPSA) is 122 Å². The molecule has 2 fully saturated rings. The van der Waals surface area contributed by atoms with Crippen molar-refractivity contribution in [3.8, 4) is 0 Å². The van der Waals surface area contributed by atoms with Gasteiger partial charge in [0.2, 0.25) is 11.8 Å². The van der Waals surface area contributed by atoms with Crippen molar-refractivity contribution in [2.45, 2.75) is 45.6 Å². The van der Waals surface area contributed by atoms with Crippen LogP contribution in [0.15, 0.2) is 5.16 Å². The number of oxime groups is 1. The molecule has 1 heterocycles. The van der Waals surface area contributed by atoms with Crippen LogP contribution in [0.2, 0.25) is 0 Å². The molecule has 1 aliphatic heterocycles. The number of hydrogen-bond donors (Lipinski definition) is 3. The van der Waals surface area contributed by atoms with Gasteiger partial charge in [-0.05, 0) is 38.5 Å². The zero-order chi connectivity index (χ0) is 15.8. The van der Waals surface area contributed by atoms with Crippen molar-refractivity contribution in [3.05, 3.63) is 0 Å². The van der Waals surface area contributed by atoms with Crippen molar-refractivity contribution >= 4 is 17.6 Å². The molecule has 0 bridgehead atoms. The minimum absolute atomic E-state index is 0.0287. The first-order valence-corrected chi connectivity index (χ1v) is 7.40. The van der Waals surface area contributed by atoms with Crippen LogP contribution in [-0.2, 0) is 9.59 Å². The Labute approximate surface area is 124 Å². The maximum atomic E-state index is 12.9. The van der Waals surface area contributed by atoms with E-state index in [1.165, 1.54) is 0 Å². The molecule has 2 unspecified atom stereocenters. The summed E-state index contributed by atoms with van der Waals surface area (Å²) in [7, 11) is 0. The number of rotatable bonds is 3. The number of amides is 2. The van der Waals surface area contributed by atoms with Crippen molar-refractivity contribution in [2.75, 3.05) is 6.54 Å². The van der Waals surface area contributed by atoms with E-state index in [9.17, 15) is 9.59 Å². The van der Waals surface area contributed by atoms with E-state index >= 15 is 0 Å². The average molecular weight is 296 g/mol. The fraction of sp³-hybridized carbons (Fsp3) is 0.786. The first-order valence-electron chi connectivity index (χ1n) is 7.40. The second kappa shape index (κ2) is 5.54. The summed E-state index contributed by atoms with van der Waals surface area (Å²) >= 11 is 0. The summed E-state index contributed by atoms with van der Waals surface area (Å²) in [4.78, 5) is 26.0. The quantitative estimate of drug-likeness (QED) is 0.299. The monoisotopic (exact) mass is 296 g/mol. The molecule has 2 atom stereocenters. The highest BCUT2D eigenvalue weighted by molar-refractivity contribution is 6.08. The minimum Gasteiger partial charge on any atom is -0.409 e. The van der Waals surface area contributed by atoms with Gasteiger partial charge in [-0.25, -0.2) is 0 Å². The highest BCUT2D eigenvalue weighted by Gasteiger charge is 2.54. The molecule has 2 rings (SSSR count). The molecule has 0 aromatic heterocycles. The molecule has 0 spiro atoms. The third-order valence-electron chi connectivity index (χ3n) is 4.95. The average Bonchev–Trinajstić information content (AvgIpc) is 2.42. The minimum atomic E-state index is -0.915. The largest absolute Gasteiger partial charge is 0.409 e. The number of carbonyl (C=O) groups excluding carboxylic acids is 2. The van der Waals surface area contributed by atoms with E-state index in [1.807, 2.05) is 13.8 Å². The van der Waals surface area contributed by atoms with Crippen LogP contribution in [-0.4, -0.2) is 40.3 Å². The Kier molecular flexibility index (Phi) is 4.11. The normalized spacial score (nSPS) is 37.0. The van der Waals surface area contributed by atoms with Gasteiger partial charge in [0.25, 0.3) is 0 Å². The lowest BCUT2D eigenvalue weighted by atomic mass is 9.60. The molecule has 5 N–H and O–H groups in total. The second-order valence-electron chi connectivity index (χ2n) is 6.56. The Bertz CT molecular complexity index is 471. The molecule has 0 radical (unpaired) electrons. The number of nitrogens with two attached hydrogens (primary N) is 2. The standard InChI is InChI=1S/C14H24N4O3/c1-8-5-14(6-8,12(16)17-21)13(20)18-7-10(11(15)19)4-3-9(18)2/h8-10,21H,3-7H2,1-2H3,(H2,15,19)(H2,16,17). The lowest BCUT2D eigenvalue weighted by Gasteiger charge is -2.49. The van der Waals surface area contributed by atoms with Crippen LogP contribution < -0.4 is 11.5 Å². The lowest BCUT2D eigenvalue weighted by molar-refractivity contribution is -0.150. The molecule has 0 aromatic carbocycles. The van der Waals surface area contributed by atoms with Gasteiger partial charge in [-0.15, -0.1) is 0 Å².